The van der Waals surface area contributed by atoms with E-state index in [1.165, 1.54) is 0 Å². The van der Waals surface area contributed by atoms with Gasteiger partial charge in [0.15, 0.2) is 0 Å². The molecular formula is C13H22N2O3S. The van der Waals surface area contributed by atoms with E-state index in [0.717, 1.165) is 5.56 Å². The summed E-state index contributed by atoms with van der Waals surface area (Å²) in [6, 6.07) is 1.77. The van der Waals surface area contributed by atoms with E-state index in [0.29, 0.717) is 23.2 Å². The highest BCUT2D eigenvalue weighted by molar-refractivity contribution is 7.89. The lowest BCUT2D eigenvalue weighted by Gasteiger charge is -2.16. The van der Waals surface area contributed by atoms with E-state index >= 15 is 0 Å². The number of hydrogen-bond acceptors (Lipinski definition) is 4. The minimum atomic E-state index is -3.60. The van der Waals surface area contributed by atoms with Crippen molar-refractivity contribution in [1.29, 1.82) is 0 Å². The van der Waals surface area contributed by atoms with Gasteiger partial charge in [0.25, 0.3) is 0 Å². The highest BCUT2D eigenvalue weighted by atomic mass is 32.2. The van der Waals surface area contributed by atoms with Gasteiger partial charge in [0, 0.05) is 12.2 Å². The third-order valence-electron chi connectivity index (χ3n) is 3.08. The number of benzene rings is 1. The Kier molecular flexibility index (Phi) is 4.95. The minimum absolute atomic E-state index is 0.201. The summed E-state index contributed by atoms with van der Waals surface area (Å²) in [5, 5.41) is 9.15. The van der Waals surface area contributed by atoms with Crippen LogP contribution >= 0.6 is 0 Å². The minimum Gasteiger partial charge on any atom is -0.398 e. The number of nitrogen functional groups attached to an aromatic ring is 1. The van der Waals surface area contributed by atoms with E-state index in [9.17, 15) is 8.42 Å². The fraction of sp³-hybridized carbons (Fsp3) is 0.538. The van der Waals surface area contributed by atoms with Gasteiger partial charge in [-0.05, 0) is 50.8 Å². The molecule has 0 radical (unpaired) electrons. The van der Waals surface area contributed by atoms with E-state index in [4.69, 9.17) is 10.8 Å². The van der Waals surface area contributed by atoms with Crippen LogP contribution < -0.4 is 10.5 Å². The molecule has 19 heavy (non-hydrogen) atoms. The van der Waals surface area contributed by atoms with Crippen molar-refractivity contribution in [2.75, 3.05) is 12.3 Å². The Morgan fingerprint density at radius 2 is 1.89 bits per heavy atom. The third kappa shape index (κ3) is 3.68. The monoisotopic (exact) mass is 286 g/mol. The Labute approximate surface area is 114 Å². The van der Waals surface area contributed by atoms with Crippen molar-refractivity contribution in [2.45, 2.75) is 45.1 Å². The summed E-state index contributed by atoms with van der Waals surface area (Å²) < 4.78 is 27.0. The molecule has 0 spiro atoms. The van der Waals surface area contributed by atoms with Crippen LogP contribution in [0.1, 0.15) is 30.0 Å². The summed E-state index contributed by atoms with van der Waals surface area (Å²) in [6.07, 6.45) is -0.161. The quantitative estimate of drug-likeness (QED) is 0.710. The molecule has 0 aliphatic carbocycles. The number of rotatable bonds is 5. The van der Waals surface area contributed by atoms with Gasteiger partial charge >= 0.3 is 0 Å². The normalized spacial score (nSPS) is 13.5. The summed E-state index contributed by atoms with van der Waals surface area (Å²) in [6.45, 7) is 7.13. The van der Waals surface area contributed by atoms with E-state index in [2.05, 4.69) is 4.72 Å². The molecule has 4 N–H and O–H groups in total. The van der Waals surface area contributed by atoms with E-state index < -0.39 is 16.1 Å². The van der Waals surface area contributed by atoms with Gasteiger partial charge in [-0.2, -0.15) is 0 Å². The first kappa shape index (κ1) is 15.9. The summed E-state index contributed by atoms with van der Waals surface area (Å²) in [4.78, 5) is 0.237. The molecule has 6 heteroatoms. The number of aliphatic hydroxyl groups excluding tert-OH is 1. The molecule has 1 unspecified atom stereocenters. The first-order valence-corrected chi connectivity index (χ1v) is 7.69. The molecule has 0 amide bonds. The van der Waals surface area contributed by atoms with Gasteiger partial charge in [0.1, 0.15) is 0 Å². The van der Waals surface area contributed by atoms with Gasteiger partial charge in [0.2, 0.25) is 10.0 Å². The summed E-state index contributed by atoms with van der Waals surface area (Å²) >= 11 is 0. The van der Waals surface area contributed by atoms with Crippen molar-refractivity contribution in [3.63, 3.8) is 0 Å². The number of hydrogen-bond donors (Lipinski definition) is 3. The summed E-state index contributed by atoms with van der Waals surface area (Å²) in [5.74, 6) is 0. The lowest BCUT2D eigenvalue weighted by Crippen LogP contribution is -2.28. The largest absolute Gasteiger partial charge is 0.398 e. The van der Waals surface area contributed by atoms with Crippen LogP contribution in [0.4, 0.5) is 5.69 Å². The Bertz CT molecular complexity index is 566. The van der Waals surface area contributed by atoms with E-state index in [-0.39, 0.29) is 11.4 Å². The molecule has 0 saturated heterocycles. The van der Waals surface area contributed by atoms with E-state index in [1.807, 2.05) is 6.92 Å². The topological polar surface area (TPSA) is 92.4 Å². The zero-order chi connectivity index (χ0) is 14.8. The van der Waals surface area contributed by atoms with Crippen LogP contribution in [-0.4, -0.2) is 26.2 Å². The Morgan fingerprint density at radius 3 is 2.42 bits per heavy atom. The van der Waals surface area contributed by atoms with Crippen LogP contribution in [0.2, 0.25) is 0 Å². The van der Waals surface area contributed by atoms with Crippen molar-refractivity contribution >= 4 is 15.7 Å². The molecule has 0 aliphatic heterocycles. The predicted octanol–water partition coefficient (Wildman–Crippen LogP) is 1.24. The molecule has 1 rings (SSSR count). The molecule has 1 aromatic carbocycles. The van der Waals surface area contributed by atoms with Crippen LogP contribution in [0.25, 0.3) is 0 Å². The molecule has 5 nitrogen and oxygen atoms in total. The summed E-state index contributed by atoms with van der Waals surface area (Å²) in [7, 11) is -3.60. The molecule has 108 valence electrons. The van der Waals surface area contributed by atoms with Crippen LogP contribution in [0.15, 0.2) is 11.0 Å². The maximum Gasteiger partial charge on any atom is 0.241 e. The maximum atomic E-state index is 12.3. The Balaban J connectivity index is 3.12. The van der Waals surface area contributed by atoms with Crippen molar-refractivity contribution in [3.05, 3.63) is 22.8 Å². The number of nitrogens with one attached hydrogen (secondary N) is 1. The molecule has 0 saturated carbocycles. The number of aliphatic hydroxyl groups is 1. The Morgan fingerprint density at radius 1 is 1.32 bits per heavy atom. The van der Waals surface area contributed by atoms with Gasteiger partial charge < -0.3 is 10.8 Å². The number of nitrogens with two attached hydrogens (primary N) is 1. The van der Waals surface area contributed by atoms with Gasteiger partial charge in [-0.1, -0.05) is 6.07 Å². The standard InChI is InChI=1S/C13H22N2O3S/c1-8-7-9(2)13(11(4)12(8)14)19(17,18)15-6-5-10(3)16/h7,10,15-16H,5-6,14H2,1-4H3. The average molecular weight is 286 g/mol. The SMILES string of the molecule is Cc1cc(C)c(S(=O)(=O)NCCC(C)O)c(C)c1N. The number of sulfonamides is 1. The molecule has 1 aromatic rings. The van der Waals surface area contributed by atoms with Gasteiger partial charge in [0.05, 0.1) is 11.0 Å². The highest BCUT2D eigenvalue weighted by Crippen LogP contribution is 2.27. The summed E-state index contributed by atoms with van der Waals surface area (Å²) in [5.41, 5.74) is 8.51. The van der Waals surface area contributed by atoms with Crippen LogP contribution in [-0.2, 0) is 10.0 Å². The van der Waals surface area contributed by atoms with Crippen molar-refractivity contribution in [3.8, 4) is 0 Å². The molecule has 0 aliphatic rings. The zero-order valence-corrected chi connectivity index (χ0v) is 12.6. The zero-order valence-electron chi connectivity index (χ0n) is 11.8. The lowest BCUT2D eigenvalue weighted by atomic mass is 10.1. The molecular weight excluding hydrogens is 264 g/mol. The fourth-order valence-electron chi connectivity index (χ4n) is 2.07. The second-order valence-electron chi connectivity index (χ2n) is 4.91. The molecule has 1 atom stereocenters. The third-order valence-corrected chi connectivity index (χ3v) is 4.83. The molecule has 0 fully saturated rings. The molecule has 0 bridgehead atoms. The van der Waals surface area contributed by atoms with Crippen LogP contribution in [0, 0.1) is 20.8 Å². The number of anilines is 1. The van der Waals surface area contributed by atoms with Gasteiger partial charge in [-0.25, -0.2) is 13.1 Å². The lowest BCUT2D eigenvalue weighted by molar-refractivity contribution is 0.186. The van der Waals surface area contributed by atoms with Crippen LogP contribution in [0.5, 0.6) is 0 Å². The first-order valence-electron chi connectivity index (χ1n) is 6.20. The second-order valence-corrected chi connectivity index (χ2v) is 6.62. The first-order chi connectivity index (χ1) is 8.66. The maximum absolute atomic E-state index is 12.3. The van der Waals surface area contributed by atoms with Gasteiger partial charge in [-0.15, -0.1) is 0 Å². The Hall–Kier alpha value is -1.11. The van der Waals surface area contributed by atoms with Crippen molar-refractivity contribution < 1.29 is 13.5 Å². The smallest absolute Gasteiger partial charge is 0.241 e. The predicted molar refractivity (Wildman–Crippen MR) is 76.6 cm³/mol. The van der Waals surface area contributed by atoms with Crippen molar-refractivity contribution in [2.24, 2.45) is 0 Å². The molecule has 0 heterocycles. The van der Waals surface area contributed by atoms with Crippen LogP contribution in [0.3, 0.4) is 0 Å². The number of aryl methyl sites for hydroxylation is 2. The average Bonchev–Trinajstić information content (AvgIpc) is 2.24. The van der Waals surface area contributed by atoms with Gasteiger partial charge in [-0.3, -0.25) is 0 Å². The van der Waals surface area contributed by atoms with E-state index in [1.54, 1.807) is 26.8 Å². The molecule has 0 aromatic heterocycles. The highest BCUT2D eigenvalue weighted by Gasteiger charge is 2.21. The van der Waals surface area contributed by atoms with Crippen molar-refractivity contribution in [1.82, 2.24) is 4.72 Å². The second kappa shape index (κ2) is 5.90. The fourth-order valence-corrected chi connectivity index (χ4v) is 3.60.